The maximum atomic E-state index is 5.41. The molecule has 0 spiro atoms. The lowest BCUT2D eigenvalue weighted by atomic mass is 9.95. The molecule has 1 atom stereocenters. The quantitative estimate of drug-likeness (QED) is 0.205. The molecule has 0 radical (unpaired) electrons. The largest absolute Gasteiger partial charge is 0.315 e. The molecule has 216 valence electrons. The van der Waals surface area contributed by atoms with Crippen LogP contribution in [-0.4, -0.2) is 20.2 Å². The molecule has 4 nitrogen and oxygen atoms in total. The first-order valence-corrected chi connectivity index (χ1v) is 15.8. The lowest BCUT2D eigenvalue weighted by molar-refractivity contribution is 0.901. The first-order chi connectivity index (χ1) is 22.8. The van der Waals surface area contributed by atoms with E-state index < -0.39 is 0 Å². The van der Waals surface area contributed by atoms with Crippen LogP contribution in [0.25, 0.3) is 60.7 Å². The van der Waals surface area contributed by atoms with Crippen LogP contribution in [0.1, 0.15) is 5.56 Å². The van der Waals surface area contributed by atoms with Crippen LogP contribution in [0, 0.1) is 0 Å². The summed E-state index contributed by atoms with van der Waals surface area (Å²) in [5.41, 5.74) is 9.50. The minimum absolute atomic E-state index is 0.0736. The van der Waals surface area contributed by atoms with E-state index in [0.717, 1.165) is 28.4 Å². The Hall–Kier alpha value is -6.13. The molecule has 2 aliphatic rings. The maximum absolute atomic E-state index is 5.41. The van der Waals surface area contributed by atoms with Crippen LogP contribution >= 0.6 is 0 Å². The molecule has 1 aliphatic heterocycles. The summed E-state index contributed by atoms with van der Waals surface area (Å²) < 4.78 is 4.73. The number of hydrogen-bond donors (Lipinski definition) is 0. The molecular formula is C42H28N4. The van der Waals surface area contributed by atoms with Crippen molar-refractivity contribution < 1.29 is 0 Å². The van der Waals surface area contributed by atoms with Gasteiger partial charge in [-0.25, -0.2) is 4.98 Å². The van der Waals surface area contributed by atoms with Crippen molar-refractivity contribution in [2.45, 2.75) is 6.04 Å². The van der Waals surface area contributed by atoms with E-state index in [9.17, 15) is 0 Å². The summed E-state index contributed by atoms with van der Waals surface area (Å²) in [5.74, 6) is 1.82. The highest BCUT2D eigenvalue weighted by atomic mass is 15.2. The van der Waals surface area contributed by atoms with Gasteiger partial charge < -0.3 is 9.47 Å². The summed E-state index contributed by atoms with van der Waals surface area (Å²) in [6, 6.07) is 47.8. The molecule has 0 N–H and O–H groups in total. The second kappa shape index (κ2) is 9.68. The Morgan fingerprint density at radius 2 is 1.15 bits per heavy atom. The summed E-state index contributed by atoms with van der Waals surface area (Å²) in [6.45, 7) is 0. The fourth-order valence-electron chi connectivity index (χ4n) is 7.63. The average Bonchev–Trinajstić information content (AvgIpc) is 3.54. The number of pyridine rings is 1. The number of aromatic nitrogens is 3. The topological polar surface area (TPSA) is 26.0 Å². The van der Waals surface area contributed by atoms with Gasteiger partial charge in [0.25, 0.3) is 0 Å². The third-order valence-corrected chi connectivity index (χ3v) is 9.50. The second-order valence-corrected chi connectivity index (χ2v) is 12.0. The van der Waals surface area contributed by atoms with Crippen molar-refractivity contribution in [2.24, 2.45) is 0 Å². The van der Waals surface area contributed by atoms with Crippen molar-refractivity contribution in [3.8, 4) is 11.5 Å². The molecule has 8 aromatic rings. The Balaban J connectivity index is 1.24. The van der Waals surface area contributed by atoms with E-state index in [2.05, 4.69) is 178 Å². The molecule has 0 fully saturated rings. The first kappa shape index (κ1) is 25.2. The molecule has 0 saturated carbocycles. The fourth-order valence-corrected chi connectivity index (χ4v) is 7.63. The van der Waals surface area contributed by atoms with Crippen LogP contribution in [0.3, 0.4) is 0 Å². The van der Waals surface area contributed by atoms with Crippen LogP contribution in [-0.2, 0) is 0 Å². The number of benzene rings is 5. The van der Waals surface area contributed by atoms with Gasteiger partial charge in [0, 0.05) is 32.8 Å². The van der Waals surface area contributed by atoms with Gasteiger partial charge in [-0.15, -0.1) is 0 Å². The summed E-state index contributed by atoms with van der Waals surface area (Å²) in [5, 5.41) is 4.99. The van der Waals surface area contributed by atoms with E-state index in [-0.39, 0.29) is 6.04 Å². The minimum atomic E-state index is 0.0736. The summed E-state index contributed by atoms with van der Waals surface area (Å²) in [4.78, 5) is 7.76. The molecule has 3 aromatic heterocycles. The van der Waals surface area contributed by atoms with E-state index in [1.807, 2.05) is 0 Å². The lowest BCUT2D eigenvalue weighted by Crippen LogP contribution is -2.31. The van der Waals surface area contributed by atoms with Gasteiger partial charge in [-0.3, -0.25) is 4.57 Å². The summed E-state index contributed by atoms with van der Waals surface area (Å²) in [6.07, 6.45) is 11.0. The molecule has 4 heterocycles. The normalized spacial score (nSPS) is 15.5. The van der Waals surface area contributed by atoms with E-state index in [4.69, 9.17) is 4.98 Å². The molecule has 5 aromatic carbocycles. The summed E-state index contributed by atoms with van der Waals surface area (Å²) >= 11 is 0. The van der Waals surface area contributed by atoms with Crippen molar-refractivity contribution in [2.75, 3.05) is 4.90 Å². The molecule has 0 saturated heterocycles. The summed E-state index contributed by atoms with van der Waals surface area (Å²) in [7, 11) is 0. The molecule has 0 amide bonds. The van der Waals surface area contributed by atoms with Crippen molar-refractivity contribution in [3.05, 3.63) is 169 Å². The number of hydrogen-bond acceptors (Lipinski definition) is 2. The van der Waals surface area contributed by atoms with Crippen molar-refractivity contribution >= 4 is 60.7 Å². The van der Waals surface area contributed by atoms with Gasteiger partial charge in [-0.1, -0.05) is 103 Å². The third kappa shape index (κ3) is 3.52. The zero-order chi connectivity index (χ0) is 30.2. The standard InChI is InChI=1S/C42H28N4/c1-2-14-29(15-3-1)44-35-21-10-7-18-32(35)41-37(44)25-26-38-42(41)33-19-8-11-22-36(33)46(38)40-24-12-23-39(43-40)45-30-16-5-4-13-28(27-30)31-17-6-9-20-34(31)45/h1-27,30H. The number of allylic oxidation sites excluding steroid dienone is 4. The van der Waals surface area contributed by atoms with Crippen LogP contribution < -0.4 is 4.90 Å². The Bertz CT molecular complexity index is 2600. The van der Waals surface area contributed by atoms with Crippen molar-refractivity contribution in [3.63, 3.8) is 0 Å². The number of anilines is 2. The first-order valence-electron chi connectivity index (χ1n) is 15.8. The predicted molar refractivity (Wildman–Crippen MR) is 192 cm³/mol. The van der Waals surface area contributed by atoms with Crippen LogP contribution in [0.4, 0.5) is 11.5 Å². The molecule has 1 aliphatic carbocycles. The highest BCUT2D eigenvalue weighted by Gasteiger charge is 2.28. The van der Waals surface area contributed by atoms with Crippen molar-refractivity contribution in [1.29, 1.82) is 0 Å². The van der Waals surface area contributed by atoms with E-state index in [0.29, 0.717) is 0 Å². The van der Waals surface area contributed by atoms with Gasteiger partial charge in [0.15, 0.2) is 0 Å². The Labute approximate surface area is 266 Å². The molecular weight excluding hydrogens is 560 g/mol. The molecule has 10 rings (SSSR count). The van der Waals surface area contributed by atoms with Gasteiger partial charge in [-0.2, -0.15) is 0 Å². The Morgan fingerprint density at radius 1 is 0.500 bits per heavy atom. The van der Waals surface area contributed by atoms with Crippen LogP contribution in [0.2, 0.25) is 0 Å². The van der Waals surface area contributed by atoms with E-state index in [1.54, 1.807) is 0 Å². The molecule has 1 unspecified atom stereocenters. The second-order valence-electron chi connectivity index (χ2n) is 12.0. The fraction of sp³-hybridized carbons (Fsp3) is 0.0238. The maximum Gasteiger partial charge on any atom is 0.140 e. The predicted octanol–water partition coefficient (Wildman–Crippen LogP) is 10.3. The third-order valence-electron chi connectivity index (χ3n) is 9.50. The smallest absolute Gasteiger partial charge is 0.140 e. The number of fused-ring (bicyclic) bond motifs is 10. The number of para-hydroxylation sites is 4. The van der Waals surface area contributed by atoms with Gasteiger partial charge in [0.1, 0.15) is 11.6 Å². The van der Waals surface area contributed by atoms with Gasteiger partial charge in [0.2, 0.25) is 0 Å². The Kier molecular flexibility index (Phi) is 5.31. The van der Waals surface area contributed by atoms with Gasteiger partial charge >= 0.3 is 0 Å². The highest BCUT2D eigenvalue weighted by Crippen LogP contribution is 2.43. The molecule has 4 heteroatoms. The minimum Gasteiger partial charge on any atom is -0.315 e. The van der Waals surface area contributed by atoms with E-state index in [1.165, 1.54) is 49.4 Å². The Morgan fingerprint density at radius 3 is 1.96 bits per heavy atom. The van der Waals surface area contributed by atoms with Gasteiger partial charge in [0.05, 0.1) is 33.8 Å². The monoisotopic (exact) mass is 588 g/mol. The average molecular weight is 589 g/mol. The lowest BCUT2D eigenvalue weighted by Gasteiger charge is -2.35. The SMILES string of the molecule is C1=CC2=CC(C=C1)N(c1cccc(-n3c4ccccc4c4c5c6ccccc6n(-c6ccccc6)c5ccc43)n1)c1ccccc12. The van der Waals surface area contributed by atoms with E-state index >= 15 is 0 Å². The highest BCUT2D eigenvalue weighted by molar-refractivity contribution is 6.28. The van der Waals surface area contributed by atoms with Crippen LogP contribution in [0.5, 0.6) is 0 Å². The zero-order valence-electron chi connectivity index (χ0n) is 25.0. The molecule has 2 bridgehead atoms. The number of rotatable bonds is 3. The van der Waals surface area contributed by atoms with Crippen LogP contribution in [0.15, 0.2) is 164 Å². The zero-order valence-corrected chi connectivity index (χ0v) is 25.0. The molecule has 46 heavy (non-hydrogen) atoms. The number of nitrogens with zero attached hydrogens (tertiary/aromatic N) is 4. The van der Waals surface area contributed by atoms with Gasteiger partial charge in [-0.05, 0) is 66.2 Å². The van der Waals surface area contributed by atoms with Crippen molar-refractivity contribution in [1.82, 2.24) is 14.1 Å².